The minimum atomic E-state index is 0.463. The third kappa shape index (κ3) is 1.10. The zero-order chi connectivity index (χ0) is 7.07. The Morgan fingerprint density at radius 2 is 2.11 bits per heavy atom. The highest BCUT2D eigenvalue weighted by Gasteiger charge is 2.44. The van der Waals surface area contributed by atoms with E-state index in [1.165, 1.54) is 12.8 Å². The van der Waals surface area contributed by atoms with Gasteiger partial charge in [-0.25, -0.2) is 0 Å². The van der Waals surface area contributed by atoms with Crippen LogP contribution in [0.25, 0.3) is 0 Å². The Morgan fingerprint density at radius 3 is 2.22 bits per heavy atom. The minimum Gasteiger partial charge on any atom is -0.123 e. The van der Waals surface area contributed by atoms with E-state index in [4.69, 9.17) is 11.6 Å². The van der Waals surface area contributed by atoms with Gasteiger partial charge in [-0.15, -0.1) is 11.6 Å². The molecule has 0 aromatic rings. The lowest BCUT2D eigenvalue weighted by molar-refractivity contribution is 0.0760. The summed E-state index contributed by atoms with van der Waals surface area (Å²) < 4.78 is 0. The Kier molecular flexibility index (Phi) is 1.77. The zero-order valence-electron chi connectivity index (χ0n) is 6.45. The van der Waals surface area contributed by atoms with Crippen LogP contribution in [0.5, 0.6) is 0 Å². The van der Waals surface area contributed by atoms with Crippen molar-refractivity contribution in [2.24, 2.45) is 11.3 Å². The number of hydrogen-bond donors (Lipinski definition) is 0. The number of alkyl halides is 1. The van der Waals surface area contributed by atoms with Crippen molar-refractivity contribution >= 4 is 11.6 Å². The maximum absolute atomic E-state index is 6.00. The quantitative estimate of drug-likeness (QED) is 0.499. The van der Waals surface area contributed by atoms with Gasteiger partial charge in [-0.2, -0.15) is 0 Å². The molecule has 0 saturated heterocycles. The maximum atomic E-state index is 6.00. The van der Waals surface area contributed by atoms with Crippen LogP contribution in [0, 0.1) is 11.3 Å². The molecule has 1 fully saturated rings. The number of hydrogen-bond acceptors (Lipinski definition) is 0. The molecule has 9 heavy (non-hydrogen) atoms. The summed E-state index contributed by atoms with van der Waals surface area (Å²) in [6, 6.07) is 0. The van der Waals surface area contributed by atoms with E-state index in [1.54, 1.807) is 0 Å². The maximum Gasteiger partial charge on any atom is 0.0374 e. The van der Waals surface area contributed by atoms with Gasteiger partial charge in [0.15, 0.2) is 0 Å². The molecule has 0 spiro atoms. The van der Waals surface area contributed by atoms with Crippen molar-refractivity contribution in [3.8, 4) is 0 Å². The smallest absolute Gasteiger partial charge is 0.0374 e. The van der Waals surface area contributed by atoms with Crippen LogP contribution in [0.15, 0.2) is 0 Å². The van der Waals surface area contributed by atoms with Gasteiger partial charge in [0.05, 0.1) is 0 Å². The number of halogens is 1. The van der Waals surface area contributed by atoms with E-state index in [-0.39, 0.29) is 0 Å². The second-order valence-corrected chi connectivity index (χ2v) is 4.28. The molecule has 0 nitrogen and oxygen atoms in total. The topological polar surface area (TPSA) is 0 Å². The first-order valence-electron chi connectivity index (χ1n) is 3.72. The van der Waals surface area contributed by atoms with E-state index in [0.717, 1.165) is 5.92 Å². The van der Waals surface area contributed by atoms with Crippen LogP contribution >= 0.6 is 11.6 Å². The van der Waals surface area contributed by atoms with Crippen molar-refractivity contribution < 1.29 is 0 Å². The van der Waals surface area contributed by atoms with Crippen LogP contribution in [-0.4, -0.2) is 5.38 Å². The molecular weight excluding hydrogens is 132 g/mol. The van der Waals surface area contributed by atoms with E-state index in [2.05, 4.69) is 20.8 Å². The second-order valence-electron chi connectivity index (χ2n) is 3.72. The predicted octanol–water partition coefficient (Wildman–Crippen LogP) is 3.05. The third-order valence-corrected chi connectivity index (χ3v) is 3.06. The summed E-state index contributed by atoms with van der Waals surface area (Å²) >= 11 is 6.00. The lowest BCUT2D eigenvalue weighted by atomic mass is 9.61. The van der Waals surface area contributed by atoms with Crippen molar-refractivity contribution in [1.82, 2.24) is 0 Å². The normalized spacial score (nSPS) is 40.0. The van der Waals surface area contributed by atoms with E-state index < -0.39 is 0 Å². The molecule has 2 atom stereocenters. The Bertz CT molecular complexity index is 107. The summed E-state index contributed by atoms with van der Waals surface area (Å²) in [4.78, 5) is 0. The second kappa shape index (κ2) is 2.16. The molecule has 1 aliphatic rings. The Balaban J connectivity index is 2.48. The first kappa shape index (κ1) is 7.40. The molecule has 54 valence electrons. The molecule has 0 heterocycles. The van der Waals surface area contributed by atoms with Gasteiger partial charge in [0.25, 0.3) is 0 Å². The van der Waals surface area contributed by atoms with Gasteiger partial charge in [-0.3, -0.25) is 0 Å². The third-order valence-electron chi connectivity index (χ3n) is 2.60. The standard InChI is InChI=1S/C8H15Cl/c1-4-6-7(9)5-8(6,2)3/h6-7H,4-5H2,1-3H3. The average Bonchev–Trinajstić information content (AvgIpc) is 1.63. The van der Waals surface area contributed by atoms with Crippen LogP contribution in [-0.2, 0) is 0 Å². The minimum absolute atomic E-state index is 0.463. The van der Waals surface area contributed by atoms with Gasteiger partial charge in [0.2, 0.25) is 0 Å². The summed E-state index contributed by atoms with van der Waals surface area (Å²) in [5.74, 6) is 0.763. The molecule has 1 aliphatic carbocycles. The van der Waals surface area contributed by atoms with Crippen LogP contribution < -0.4 is 0 Å². The van der Waals surface area contributed by atoms with Crippen molar-refractivity contribution in [1.29, 1.82) is 0 Å². The fourth-order valence-corrected chi connectivity index (χ4v) is 2.85. The van der Waals surface area contributed by atoms with Crippen molar-refractivity contribution in [2.45, 2.75) is 39.0 Å². The lowest BCUT2D eigenvalue weighted by Gasteiger charge is -2.48. The molecule has 1 rings (SSSR count). The van der Waals surface area contributed by atoms with Gasteiger partial charge in [-0.1, -0.05) is 27.2 Å². The molecule has 0 aromatic carbocycles. The van der Waals surface area contributed by atoms with E-state index in [1.807, 2.05) is 0 Å². The van der Waals surface area contributed by atoms with Crippen molar-refractivity contribution in [3.63, 3.8) is 0 Å². The number of rotatable bonds is 1. The highest BCUT2D eigenvalue weighted by molar-refractivity contribution is 6.21. The molecular formula is C8H15Cl. The molecule has 0 amide bonds. The summed E-state index contributed by atoms with van der Waals surface area (Å²) in [6.45, 7) is 6.83. The molecule has 0 N–H and O–H groups in total. The molecule has 0 bridgehead atoms. The lowest BCUT2D eigenvalue weighted by Crippen LogP contribution is -2.44. The summed E-state index contributed by atoms with van der Waals surface area (Å²) in [6.07, 6.45) is 2.44. The highest BCUT2D eigenvalue weighted by atomic mass is 35.5. The van der Waals surface area contributed by atoms with Gasteiger partial charge >= 0.3 is 0 Å². The monoisotopic (exact) mass is 146 g/mol. The van der Waals surface area contributed by atoms with E-state index in [0.29, 0.717) is 10.8 Å². The van der Waals surface area contributed by atoms with Crippen molar-refractivity contribution in [3.05, 3.63) is 0 Å². The SMILES string of the molecule is CCC1C(Cl)CC1(C)C. The van der Waals surface area contributed by atoms with Gasteiger partial charge in [0.1, 0.15) is 0 Å². The van der Waals surface area contributed by atoms with Crippen LogP contribution in [0.2, 0.25) is 0 Å². The van der Waals surface area contributed by atoms with Gasteiger partial charge in [-0.05, 0) is 17.8 Å². The molecule has 2 unspecified atom stereocenters. The largest absolute Gasteiger partial charge is 0.123 e. The van der Waals surface area contributed by atoms with E-state index >= 15 is 0 Å². The molecule has 1 saturated carbocycles. The highest BCUT2D eigenvalue weighted by Crippen LogP contribution is 2.50. The van der Waals surface area contributed by atoms with Crippen LogP contribution in [0.1, 0.15) is 33.6 Å². The molecule has 1 heteroatoms. The Hall–Kier alpha value is 0.290. The average molecular weight is 147 g/mol. The fraction of sp³-hybridized carbons (Fsp3) is 1.00. The fourth-order valence-electron chi connectivity index (χ4n) is 1.93. The zero-order valence-corrected chi connectivity index (χ0v) is 7.20. The van der Waals surface area contributed by atoms with Gasteiger partial charge in [0, 0.05) is 5.38 Å². The first-order chi connectivity index (χ1) is 4.08. The molecule has 0 aliphatic heterocycles. The van der Waals surface area contributed by atoms with Gasteiger partial charge < -0.3 is 0 Å². The first-order valence-corrected chi connectivity index (χ1v) is 4.15. The Labute approximate surface area is 62.6 Å². The Morgan fingerprint density at radius 1 is 1.56 bits per heavy atom. The van der Waals surface area contributed by atoms with E-state index in [9.17, 15) is 0 Å². The predicted molar refractivity (Wildman–Crippen MR) is 41.8 cm³/mol. The van der Waals surface area contributed by atoms with Crippen molar-refractivity contribution in [2.75, 3.05) is 0 Å². The molecule has 0 radical (unpaired) electrons. The molecule has 0 aromatic heterocycles. The summed E-state index contributed by atoms with van der Waals surface area (Å²) in [5.41, 5.74) is 0.529. The summed E-state index contributed by atoms with van der Waals surface area (Å²) in [7, 11) is 0. The van der Waals surface area contributed by atoms with Crippen LogP contribution in [0.4, 0.5) is 0 Å². The summed E-state index contributed by atoms with van der Waals surface area (Å²) in [5, 5.41) is 0.463. The van der Waals surface area contributed by atoms with Crippen LogP contribution in [0.3, 0.4) is 0 Å².